The van der Waals surface area contributed by atoms with E-state index < -0.39 is 27.7 Å². The molecule has 0 spiro atoms. The molecule has 3 rings (SSSR count). The van der Waals surface area contributed by atoms with Gasteiger partial charge in [-0.2, -0.15) is 0 Å². The van der Waals surface area contributed by atoms with Crippen LogP contribution in [0.2, 0.25) is 0 Å². The smallest absolute Gasteiger partial charge is 0.209 e. The molecule has 0 saturated carbocycles. The number of nitrogens with one attached hydrogen (secondary N) is 1. The molecule has 1 aromatic carbocycles. The van der Waals surface area contributed by atoms with Gasteiger partial charge in [0.25, 0.3) is 0 Å². The molecule has 2 aromatic rings. The maximum atomic E-state index is 14.0. The largest absolute Gasteiger partial charge is 0.312 e. The number of rotatable bonds is 6. The molecule has 7 nitrogen and oxygen atoms in total. The summed E-state index contributed by atoms with van der Waals surface area (Å²) in [6, 6.07) is 3.37. The lowest BCUT2D eigenvalue weighted by Crippen LogP contribution is -2.33. The minimum atomic E-state index is -3.42. The molecule has 1 N–H and O–H groups in total. The van der Waals surface area contributed by atoms with Gasteiger partial charge in [-0.15, -0.1) is 10.2 Å². The molecule has 1 aliphatic heterocycles. The summed E-state index contributed by atoms with van der Waals surface area (Å²) in [6.07, 6.45) is 1.68. The highest BCUT2D eigenvalue weighted by Crippen LogP contribution is 2.24. The fraction of sp³-hybridized carbons (Fsp3) is 0.556. The highest BCUT2D eigenvalue weighted by atomic mass is 32.2. The maximum absolute atomic E-state index is 14.0. The molecule has 1 atom stereocenters. The Kier molecular flexibility index (Phi) is 6.11. The average Bonchev–Trinajstić information content (AvgIpc) is 2.89. The van der Waals surface area contributed by atoms with Crippen molar-refractivity contribution >= 4 is 10.0 Å². The van der Waals surface area contributed by atoms with E-state index in [-0.39, 0.29) is 18.0 Å². The first-order chi connectivity index (χ1) is 13.2. The summed E-state index contributed by atoms with van der Waals surface area (Å²) in [7, 11) is -3.42. The zero-order valence-corrected chi connectivity index (χ0v) is 17.0. The van der Waals surface area contributed by atoms with Crippen molar-refractivity contribution in [2.45, 2.75) is 39.4 Å². The van der Waals surface area contributed by atoms with Crippen LogP contribution in [0.15, 0.2) is 18.2 Å². The molecule has 0 radical (unpaired) electrons. The molecule has 154 valence electrons. The van der Waals surface area contributed by atoms with Gasteiger partial charge in [-0.1, -0.05) is 19.9 Å². The van der Waals surface area contributed by atoms with Crippen molar-refractivity contribution in [2.24, 2.45) is 5.92 Å². The molecular weight excluding hydrogens is 388 g/mol. The van der Waals surface area contributed by atoms with Crippen LogP contribution >= 0.6 is 0 Å². The number of hydrogen-bond acceptors (Lipinski definition) is 5. The topological polar surface area (TPSA) is 80.1 Å². The van der Waals surface area contributed by atoms with E-state index in [2.05, 4.69) is 14.9 Å². The average molecular weight is 413 g/mol. The summed E-state index contributed by atoms with van der Waals surface area (Å²) in [5, 5.41) is 8.46. The second-order valence-corrected chi connectivity index (χ2v) is 9.24. The minimum Gasteiger partial charge on any atom is -0.312 e. The van der Waals surface area contributed by atoms with Crippen LogP contribution in [-0.4, -0.2) is 47.4 Å². The Morgan fingerprint density at radius 2 is 1.82 bits per heavy atom. The first-order valence-electron chi connectivity index (χ1n) is 9.20. The highest BCUT2D eigenvalue weighted by Gasteiger charge is 2.28. The summed E-state index contributed by atoms with van der Waals surface area (Å²) in [6.45, 7) is 5.64. The predicted molar refractivity (Wildman–Crippen MR) is 101 cm³/mol. The van der Waals surface area contributed by atoms with Crippen LogP contribution in [0.3, 0.4) is 0 Å². The van der Waals surface area contributed by atoms with Crippen molar-refractivity contribution in [2.75, 3.05) is 19.3 Å². The lowest BCUT2D eigenvalue weighted by molar-refractivity contribution is 0.261. The van der Waals surface area contributed by atoms with E-state index >= 15 is 0 Å². The van der Waals surface area contributed by atoms with Crippen LogP contribution in [0, 0.1) is 17.6 Å². The molecule has 0 bridgehead atoms. The van der Waals surface area contributed by atoms with Crippen LogP contribution < -0.4 is 4.72 Å². The summed E-state index contributed by atoms with van der Waals surface area (Å²) in [5.41, 5.74) is 0.0548. The first kappa shape index (κ1) is 20.8. The second-order valence-electron chi connectivity index (χ2n) is 7.46. The molecule has 1 aliphatic rings. The molecule has 0 saturated heterocycles. The number of sulfonamides is 1. The van der Waals surface area contributed by atoms with E-state index in [0.29, 0.717) is 31.9 Å². The van der Waals surface area contributed by atoms with Crippen LogP contribution in [0.25, 0.3) is 0 Å². The number of aromatic nitrogens is 3. The monoisotopic (exact) mass is 413 g/mol. The Morgan fingerprint density at radius 1 is 1.14 bits per heavy atom. The van der Waals surface area contributed by atoms with Crippen LogP contribution in [0.1, 0.15) is 37.1 Å². The summed E-state index contributed by atoms with van der Waals surface area (Å²) in [4.78, 5) is 1.97. The molecule has 28 heavy (non-hydrogen) atoms. The number of halogens is 2. The van der Waals surface area contributed by atoms with E-state index in [1.807, 2.05) is 23.3 Å². The fourth-order valence-corrected chi connectivity index (χ4v) is 4.24. The van der Waals surface area contributed by atoms with E-state index in [4.69, 9.17) is 0 Å². The SMILES string of the molecule is CC(C)[C@@H](NS(C)(=O)=O)c1nnc2n1CCN(Cc1c(F)cccc1F)CC2. The van der Waals surface area contributed by atoms with Gasteiger partial charge in [0.05, 0.1) is 12.3 Å². The standard InChI is InChI=1S/C18H25F2N5O2S/c1-12(2)17(23-28(3,26)27)18-22-21-16-7-8-24(9-10-25(16)18)11-13-14(19)5-4-6-15(13)20/h4-6,12,17,23H,7-11H2,1-3H3/t17-/m1/s1. The number of nitrogens with zero attached hydrogens (tertiary/aromatic N) is 4. The zero-order chi connectivity index (χ0) is 20.5. The Morgan fingerprint density at radius 3 is 2.43 bits per heavy atom. The van der Waals surface area contributed by atoms with E-state index in [1.165, 1.54) is 18.2 Å². The van der Waals surface area contributed by atoms with Gasteiger partial charge in [0.2, 0.25) is 10.0 Å². The van der Waals surface area contributed by atoms with Gasteiger partial charge in [-0.3, -0.25) is 4.90 Å². The van der Waals surface area contributed by atoms with Gasteiger partial charge in [-0.05, 0) is 18.1 Å². The lowest BCUT2D eigenvalue weighted by Gasteiger charge is -2.23. The molecule has 0 unspecified atom stereocenters. The Balaban J connectivity index is 1.79. The molecule has 1 aromatic heterocycles. The van der Waals surface area contributed by atoms with Gasteiger partial charge in [0.1, 0.15) is 17.5 Å². The van der Waals surface area contributed by atoms with E-state index in [1.54, 1.807) is 0 Å². The quantitative estimate of drug-likeness (QED) is 0.782. The van der Waals surface area contributed by atoms with Gasteiger partial charge in [0.15, 0.2) is 5.82 Å². The van der Waals surface area contributed by atoms with Crippen molar-refractivity contribution in [3.8, 4) is 0 Å². The minimum absolute atomic E-state index is 0.0186. The Bertz CT molecular complexity index is 925. The number of benzene rings is 1. The summed E-state index contributed by atoms with van der Waals surface area (Å²) in [5.74, 6) is 0.180. The van der Waals surface area contributed by atoms with Gasteiger partial charge in [-0.25, -0.2) is 21.9 Å². The molecular formula is C18H25F2N5O2S. The molecule has 0 fully saturated rings. The molecule has 2 heterocycles. The third-order valence-corrected chi connectivity index (χ3v) is 5.56. The van der Waals surface area contributed by atoms with Crippen molar-refractivity contribution < 1.29 is 17.2 Å². The first-order valence-corrected chi connectivity index (χ1v) is 11.1. The van der Waals surface area contributed by atoms with E-state index in [9.17, 15) is 17.2 Å². The van der Waals surface area contributed by atoms with Crippen molar-refractivity contribution in [1.82, 2.24) is 24.4 Å². The molecule has 0 amide bonds. The van der Waals surface area contributed by atoms with Gasteiger partial charge < -0.3 is 4.57 Å². The summed E-state index contributed by atoms with van der Waals surface area (Å²) < 4.78 is 56.0. The van der Waals surface area contributed by atoms with Gasteiger partial charge >= 0.3 is 0 Å². The highest BCUT2D eigenvalue weighted by molar-refractivity contribution is 7.88. The predicted octanol–water partition coefficient (Wildman–Crippen LogP) is 1.86. The Labute approximate surface area is 163 Å². The maximum Gasteiger partial charge on any atom is 0.209 e. The third-order valence-electron chi connectivity index (χ3n) is 4.88. The van der Waals surface area contributed by atoms with Crippen molar-refractivity contribution in [3.05, 3.63) is 47.0 Å². The zero-order valence-electron chi connectivity index (χ0n) is 16.2. The van der Waals surface area contributed by atoms with Crippen LogP contribution in [-0.2, 0) is 29.5 Å². The summed E-state index contributed by atoms with van der Waals surface area (Å²) >= 11 is 0. The number of fused-ring (bicyclic) bond motifs is 1. The van der Waals surface area contributed by atoms with Gasteiger partial charge in [0, 0.05) is 38.2 Å². The van der Waals surface area contributed by atoms with Crippen molar-refractivity contribution in [3.63, 3.8) is 0 Å². The van der Waals surface area contributed by atoms with Crippen LogP contribution in [0.5, 0.6) is 0 Å². The third kappa shape index (κ3) is 4.73. The lowest BCUT2D eigenvalue weighted by atomic mass is 10.1. The van der Waals surface area contributed by atoms with E-state index in [0.717, 1.165) is 12.1 Å². The second kappa shape index (κ2) is 8.22. The Hall–Kier alpha value is -1.91. The number of hydrogen-bond donors (Lipinski definition) is 1. The van der Waals surface area contributed by atoms with Crippen LogP contribution in [0.4, 0.5) is 8.78 Å². The van der Waals surface area contributed by atoms with Crippen molar-refractivity contribution in [1.29, 1.82) is 0 Å². The molecule has 10 heteroatoms. The fourth-order valence-electron chi connectivity index (χ4n) is 3.40. The normalized spacial score (nSPS) is 16.8. The molecule has 0 aliphatic carbocycles.